The lowest BCUT2D eigenvalue weighted by Gasteiger charge is -2.29. The van der Waals surface area contributed by atoms with Crippen LogP contribution in [0.5, 0.6) is 0 Å². The van der Waals surface area contributed by atoms with E-state index in [0.29, 0.717) is 12.6 Å². The van der Waals surface area contributed by atoms with E-state index in [1.54, 1.807) is 12.1 Å². The fraction of sp³-hybridized carbons (Fsp3) is 0.600. The summed E-state index contributed by atoms with van der Waals surface area (Å²) in [4.78, 5) is 0. The van der Waals surface area contributed by atoms with Gasteiger partial charge in [-0.3, -0.25) is 0 Å². The summed E-state index contributed by atoms with van der Waals surface area (Å²) in [5.41, 5.74) is 0.619. The van der Waals surface area contributed by atoms with Crippen molar-refractivity contribution in [1.82, 2.24) is 5.32 Å². The van der Waals surface area contributed by atoms with Crippen molar-refractivity contribution >= 4 is 0 Å². The highest BCUT2D eigenvalue weighted by atomic mass is 19.1. The van der Waals surface area contributed by atoms with Crippen LogP contribution in [0.3, 0.4) is 0 Å². The molecule has 0 fully saturated rings. The van der Waals surface area contributed by atoms with Gasteiger partial charge in [0.1, 0.15) is 5.82 Å². The highest BCUT2D eigenvalue weighted by Crippen LogP contribution is 2.24. The van der Waals surface area contributed by atoms with Crippen molar-refractivity contribution in [3.05, 3.63) is 35.6 Å². The topological polar surface area (TPSA) is 21.3 Å². The molecule has 0 saturated heterocycles. The van der Waals surface area contributed by atoms with Gasteiger partial charge in [-0.2, -0.15) is 0 Å². The van der Waals surface area contributed by atoms with Crippen molar-refractivity contribution in [2.24, 2.45) is 0 Å². The van der Waals surface area contributed by atoms with Gasteiger partial charge in [0.15, 0.2) is 0 Å². The van der Waals surface area contributed by atoms with E-state index in [9.17, 15) is 4.39 Å². The minimum atomic E-state index is -0.254. The lowest BCUT2D eigenvalue weighted by molar-refractivity contribution is -0.0613. The third-order valence-electron chi connectivity index (χ3n) is 2.43. The molecular formula is C15H24FNO. The van der Waals surface area contributed by atoms with Crippen LogP contribution in [0.15, 0.2) is 24.3 Å². The Morgan fingerprint density at radius 1 is 1.28 bits per heavy atom. The first-order valence-electron chi connectivity index (χ1n) is 6.44. The summed E-state index contributed by atoms with van der Waals surface area (Å²) in [6.07, 6.45) is -0.136. The highest BCUT2D eigenvalue weighted by molar-refractivity contribution is 5.19. The average molecular weight is 253 g/mol. The van der Waals surface area contributed by atoms with Gasteiger partial charge in [0.2, 0.25) is 0 Å². The zero-order chi connectivity index (χ0) is 13.8. The quantitative estimate of drug-likeness (QED) is 0.864. The SMILES string of the molecule is CC(C)NCC(OC(C)(C)C)c1cccc(F)c1. The molecule has 1 atom stereocenters. The van der Waals surface area contributed by atoms with Crippen LogP contribution < -0.4 is 5.32 Å². The number of ether oxygens (including phenoxy) is 1. The minimum Gasteiger partial charge on any atom is -0.367 e. The van der Waals surface area contributed by atoms with Crippen molar-refractivity contribution in [2.75, 3.05) is 6.54 Å². The first-order valence-corrected chi connectivity index (χ1v) is 6.44. The molecule has 102 valence electrons. The predicted molar refractivity (Wildman–Crippen MR) is 73.1 cm³/mol. The van der Waals surface area contributed by atoms with Gasteiger partial charge in [-0.25, -0.2) is 4.39 Å². The van der Waals surface area contributed by atoms with Crippen LogP contribution in [0.2, 0.25) is 0 Å². The van der Waals surface area contributed by atoms with Gasteiger partial charge in [-0.05, 0) is 38.5 Å². The Hall–Kier alpha value is -0.930. The molecule has 1 aromatic carbocycles. The Balaban J connectivity index is 2.82. The molecule has 1 N–H and O–H groups in total. The third-order valence-corrected chi connectivity index (χ3v) is 2.43. The van der Waals surface area contributed by atoms with Gasteiger partial charge in [-0.1, -0.05) is 26.0 Å². The molecule has 0 saturated carbocycles. The zero-order valence-corrected chi connectivity index (χ0v) is 12.0. The molecule has 1 rings (SSSR count). The van der Waals surface area contributed by atoms with E-state index < -0.39 is 0 Å². The number of halogens is 1. The second kappa shape index (κ2) is 6.30. The Morgan fingerprint density at radius 2 is 1.94 bits per heavy atom. The van der Waals surface area contributed by atoms with Crippen molar-refractivity contribution < 1.29 is 9.13 Å². The van der Waals surface area contributed by atoms with Crippen LogP contribution >= 0.6 is 0 Å². The summed E-state index contributed by atoms with van der Waals surface area (Å²) < 4.78 is 19.3. The maximum Gasteiger partial charge on any atom is 0.123 e. The Labute approximate surface area is 110 Å². The fourth-order valence-electron chi connectivity index (χ4n) is 1.70. The summed E-state index contributed by atoms with van der Waals surface area (Å²) >= 11 is 0. The molecule has 0 aliphatic carbocycles. The first kappa shape index (κ1) is 15.1. The molecule has 0 aromatic heterocycles. The monoisotopic (exact) mass is 253 g/mol. The molecule has 0 spiro atoms. The van der Waals surface area contributed by atoms with E-state index in [1.807, 2.05) is 26.8 Å². The van der Waals surface area contributed by atoms with Crippen LogP contribution in [0.1, 0.15) is 46.3 Å². The van der Waals surface area contributed by atoms with Gasteiger partial charge in [0, 0.05) is 12.6 Å². The molecule has 0 amide bonds. The van der Waals surface area contributed by atoms with Crippen LogP contribution in [-0.4, -0.2) is 18.2 Å². The number of hydrogen-bond acceptors (Lipinski definition) is 2. The molecule has 0 heterocycles. The molecule has 2 nitrogen and oxygen atoms in total. The van der Waals surface area contributed by atoms with Crippen LogP contribution in [-0.2, 0) is 4.74 Å². The first-order chi connectivity index (χ1) is 8.28. The Kier molecular flexibility index (Phi) is 5.29. The van der Waals surface area contributed by atoms with E-state index in [-0.39, 0.29) is 17.5 Å². The Morgan fingerprint density at radius 3 is 2.44 bits per heavy atom. The lowest BCUT2D eigenvalue weighted by Crippen LogP contribution is -2.33. The van der Waals surface area contributed by atoms with Crippen molar-refractivity contribution in [3.63, 3.8) is 0 Å². The van der Waals surface area contributed by atoms with Gasteiger partial charge in [0.05, 0.1) is 11.7 Å². The van der Waals surface area contributed by atoms with E-state index in [1.165, 1.54) is 6.07 Å². The second-order valence-corrected chi connectivity index (χ2v) is 5.84. The molecule has 0 aliphatic rings. The molecular weight excluding hydrogens is 229 g/mol. The smallest absolute Gasteiger partial charge is 0.123 e. The van der Waals surface area contributed by atoms with E-state index in [0.717, 1.165) is 5.56 Å². The number of nitrogens with one attached hydrogen (secondary N) is 1. The van der Waals surface area contributed by atoms with E-state index in [4.69, 9.17) is 4.74 Å². The predicted octanol–water partition coefficient (Wildman–Crippen LogP) is 3.68. The lowest BCUT2D eigenvalue weighted by atomic mass is 10.1. The Bertz CT molecular complexity index is 371. The summed E-state index contributed by atoms with van der Waals surface area (Å²) in [5.74, 6) is -0.223. The molecule has 18 heavy (non-hydrogen) atoms. The normalized spacial score (nSPS) is 13.9. The van der Waals surface area contributed by atoms with Crippen molar-refractivity contribution in [1.29, 1.82) is 0 Å². The highest BCUT2D eigenvalue weighted by Gasteiger charge is 2.20. The minimum absolute atomic E-state index is 0.136. The van der Waals surface area contributed by atoms with Gasteiger partial charge in [0.25, 0.3) is 0 Å². The number of benzene rings is 1. The molecule has 0 aliphatic heterocycles. The summed E-state index contributed by atoms with van der Waals surface area (Å²) in [6, 6.07) is 7.00. The van der Waals surface area contributed by atoms with E-state index in [2.05, 4.69) is 19.2 Å². The summed E-state index contributed by atoms with van der Waals surface area (Å²) in [7, 11) is 0. The largest absolute Gasteiger partial charge is 0.367 e. The summed E-state index contributed by atoms with van der Waals surface area (Å²) in [5, 5.41) is 3.34. The van der Waals surface area contributed by atoms with Crippen molar-refractivity contribution in [2.45, 2.75) is 52.4 Å². The van der Waals surface area contributed by atoms with E-state index >= 15 is 0 Å². The third kappa shape index (κ3) is 5.61. The van der Waals surface area contributed by atoms with Gasteiger partial charge >= 0.3 is 0 Å². The van der Waals surface area contributed by atoms with Gasteiger partial charge < -0.3 is 10.1 Å². The second-order valence-electron chi connectivity index (χ2n) is 5.84. The molecule has 1 unspecified atom stereocenters. The maximum atomic E-state index is 13.3. The molecule has 3 heteroatoms. The molecule has 0 bridgehead atoms. The van der Waals surface area contributed by atoms with Crippen LogP contribution in [0.4, 0.5) is 4.39 Å². The molecule has 0 radical (unpaired) electrons. The average Bonchev–Trinajstić information content (AvgIpc) is 2.22. The summed E-state index contributed by atoms with van der Waals surface area (Å²) in [6.45, 7) is 10.9. The standard InChI is InChI=1S/C15H24FNO/c1-11(2)17-10-14(18-15(3,4)5)12-7-6-8-13(16)9-12/h6-9,11,14,17H,10H2,1-5H3. The number of rotatable bonds is 5. The van der Waals surface area contributed by atoms with Crippen molar-refractivity contribution in [3.8, 4) is 0 Å². The van der Waals surface area contributed by atoms with Gasteiger partial charge in [-0.15, -0.1) is 0 Å². The zero-order valence-electron chi connectivity index (χ0n) is 12.0. The van der Waals surface area contributed by atoms with Crippen LogP contribution in [0.25, 0.3) is 0 Å². The fourth-order valence-corrected chi connectivity index (χ4v) is 1.70. The van der Waals surface area contributed by atoms with Crippen LogP contribution in [0, 0.1) is 5.82 Å². The molecule has 1 aromatic rings. The maximum absolute atomic E-state index is 13.3. The number of hydrogen-bond donors (Lipinski definition) is 1.